The van der Waals surface area contributed by atoms with Crippen molar-refractivity contribution in [1.29, 1.82) is 0 Å². The maximum atomic E-state index is 11.4. The SMILES string of the molecule is NC1C(OCCCNC(=O)CCCS)OC(CO)C(O)C1O. The van der Waals surface area contributed by atoms with Crippen molar-refractivity contribution in [3.05, 3.63) is 0 Å². The number of carbonyl (C=O) groups is 1. The van der Waals surface area contributed by atoms with Crippen LogP contribution in [-0.2, 0) is 14.3 Å². The summed E-state index contributed by atoms with van der Waals surface area (Å²) in [7, 11) is 0. The quantitative estimate of drug-likeness (QED) is 0.211. The Hall–Kier alpha value is -0.420. The number of ether oxygens (including phenoxy) is 2. The van der Waals surface area contributed by atoms with Crippen LogP contribution in [0.3, 0.4) is 0 Å². The monoisotopic (exact) mass is 338 g/mol. The van der Waals surface area contributed by atoms with Crippen molar-refractivity contribution < 1.29 is 29.6 Å². The third-order valence-electron chi connectivity index (χ3n) is 3.42. The highest BCUT2D eigenvalue weighted by Crippen LogP contribution is 2.20. The molecule has 1 aliphatic heterocycles. The highest BCUT2D eigenvalue weighted by Gasteiger charge is 2.42. The molecule has 1 amide bonds. The van der Waals surface area contributed by atoms with Gasteiger partial charge in [-0.15, -0.1) is 0 Å². The van der Waals surface area contributed by atoms with E-state index in [1.807, 2.05) is 0 Å². The number of aliphatic hydroxyl groups is 3. The molecule has 5 atom stereocenters. The molecule has 1 saturated heterocycles. The molecule has 1 aliphatic rings. The zero-order chi connectivity index (χ0) is 16.5. The van der Waals surface area contributed by atoms with Gasteiger partial charge in [-0.25, -0.2) is 0 Å². The van der Waals surface area contributed by atoms with Crippen molar-refractivity contribution in [2.24, 2.45) is 5.73 Å². The molecule has 0 aromatic carbocycles. The fraction of sp³-hybridized carbons (Fsp3) is 0.923. The summed E-state index contributed by atoms with van der Waals surface area (Å²) in [6.07, 6.45) is -2.57. The molecule has 1 fully saturated rings. The molecule has 1 rings (SSSR count). The third kappa shape index (κ3) is 5.99. The molecule has 0 aliphatic carbocycles. The van der Waals surface area contributed by atoms with Crippen molar-refractivity contribution in [1.82, 2.24) is 5.32 Å². The Kier molecular flexibility index (Phi) is 9.25. The average Bonchev–Trinajstić information content (AvgIpc) is 2.52. The van der Waals surface area contributed by atoms with Crippen molar-refractivity contribution in [2.75, 3.05) is 25.5 Å². The van der Waals surface area contributed by atoms with E-state index in [2.05, 4.69) is 17.9 Å². The molecule has 130 valence electrons. The van der Waals surface area contributed by atoms with E-state index < -0.39 is 37.3 Å². The molecule has 0 bridgehead atoms. The first-order chi connectivity index (χ1) is 10.5. The van der Waals surface area contributed by atoms with Crippen molar-refractivity contribution in [3.63, 3.8) is 0 Å². The number of nitrogens with one attached hydrogen (secondary N) is 1. The number of amides is 1. The van der Waals surface area contributed by atoms with Crippen LogP contribution in [0.5, 0.6) is 0 Å². The number of thiol groups is 1. The first-order valence-electron chi connectivity index (χ1n) is 7.38. The molecule has 0 saturated carbocycles. The standard InChI is InChI=1S/C13H26N2O6S/c14-10-12(19)11(18)8(7-16)21-13(10)20-5-2-4-15-9(17)3-1-6-22/h8,10-13,16,18-19,22H,1-7,14H2,(H,15,17). The third-order valence-corrected chi connectivity index (χ3v) is 3.73. The van der Waals surface area contributed by atoms with Crippen LogP contribution in [0.25, 0.3) is 0 Å². The van der Waals surface area contributed by atoms with Gasteiger partial charge >= 0.3 is 0 Å². The predicted octanol–water partition coefficient (Wildman–Crippen LogP) is -2.01. The van der Waals surface area contributed by atoms with E-state index in [0.29, 0.717) is 25.1 Å². The summed E-state index contributed by atoms with van der Waals surface area (Å²) in [5, 5.41) is 31.2. The summed E-state index contributed by atoms with van der Waals surface area (Å²) in [6, 6.07) is -0.900. The number of aliphatic hydroxyl groups excluding tert-OH is 3. The molecule has 0 radical (unpaired) electrons. The molecule has 0 aromatic rings. The molecule has 22 heavy (non-hydrogen) atoms. The largest absolute Gasteiger partial charge is 0.394 e. The van der Waals surface area contributed by atoms with E-state index in [1.54, 1.807) is 0 Å². The lowest BCUT2D eigenvalue weighted by atomic mass is 9.98. The molecular formula is C13H26N2O6S. The predicted molar refractivity (Wildman–Crippen MR) is 82.4 cm³/mol. The van der Waals surface area contributed by atoms with E-state index in [4.69, 9.17) is 20.3 Å². The second-order valence-electron chi connectivity index (χ2n) is 5.19. The first-order valence-corrected chi connectivity index (χ1v) is 8.01. The van der Waals surface area contributed by atoms with Crippen LogP contribution in [0.2, 0.25) is 0 Å². The lowest BCUT2D eigenvalue weighted by Gasteiger charge is -2.40. The second kappa shape index (κ2) is 10.4. The van der Waals surface area contributed by atoms with E-state index in [9.17, 15) is 15.0 Å². The van der Waals surface area contributed by atoms with E-state index >= 15 is 0 Å². The lowest BCUT2D eigenvalue weighted by Crippen LogP contribution is -2.62. The number of hydrogen-bond acceptors (Lipinski definition) is 8. The summed E-state index contributed by atoms with van der Waals surface area (Å²) in [4.78, 5) is 11.4. The molecule has 0 spiro atoms. The Morgan fingerprint density at radius 1 is 1.32 bits per heavy atom. The van der Waals surface area contributed by atoms with Gasteiger partial charge in [0.1, 0.15) is 18.3 Å². The van der Waals surface area contributed by atoms with E-state index in [1.165, 1.54) is 0 Å². The highest BCUT2D eigenvalue weighted by atomic mass is 32.1. The summed E-state index contributed by atoms with van der Waals surface area (Å²) in [5.74, 6) is 0.645. The minimum Gasteiger partial charge on any atom is -0.394 e. The fourth-order valence-electron chi connectivity index (χ4n) is 2.08. The zero-order valence-electron chi connectivity index (χ0n) is 12.4. The molecule has 0 aromatic heterocycles. The topological polar surface area (TPSA) is 134 Å². The van der Waals surface area contributed by atoms with E-state index in [-0.39, 0.29) is 12.5 Å². The smallest absolute Gasteiger partial charge is 0.220 e. The molecule has 9 heteroatoms. The van der Waals surface area contributed by atoms with Gasteiger partial charge < -0.3 is 35.8 Å². The van der Waals surface area contributed by atoms with Crippen molar-refractivity contribution in [2.45, 2.75) is 49.9 Å². The highest BCUT2D eigenvalue weighted by molar-refractivity contribution is 7.80. The number of carbonyl (C=O) groups excluding carboxylic acids is 1. The van der Waals surface area contributed by atoms with Gasteiger partial charge in [-0.1, -0.05) is 0 Å². The van der Waals surface area contributed by atoms with Gasteiger partial charge in [0, 0.05) is 13.0 Å². The fourth-order valence-corrected chi connectivity index (χ4v) is 2.24. The molecule has 8 nitrogen and oxygen atoms in total. The van der Waals surface area contributed by atoms with Gasteiger partial charge in [0.05, 0.1) is 19.3 Å². The Bertz CT molecular complexity index is 334. The molecule has 6 N–H and O–H groups in total. The van der Waals surface area contributed by atoms with Crippen LogP contribution in [-0.4, -0.2) is 77.4 Å². The van der Waals surface area contributed by atoms with Crippen LogP contribution in [0.4, 0.5) is 0 Å². The first kappa shape index (κ1) is 19.6. The van der Waals surface area contributed by atoms with Gasteiger partial charge in [0.15, 0.2) is 6.29 Å². The van der Waals surface area contributed by atoms with Crippen molar-refractivity contribution in [3.8, 4) is 0 Å². The van der Waals surface area contributed by atoms with Crippen molar-refractivity contribution >= 4 is 18.5 Å². The maximum absolute atomic E-state index is 11.4. The van der Waals surface area contributed by atoms with Crippen LogP contribution in [0.1, 0.15) is 19.3 Å². The Balaban J connectivity index is 2.22. The minimum absolute atomic E-state index is 0.0291. The van der Waals surface area contributed by atoms with Crippen LogP contribution in [0.15, 0.2) is 0 Å². The summed E-state index contributed by atoms with van der Waals surface area (Å²) < 4.78 is 10.7. The van der Waals surface area contributed by atoms with Gasteiger partial charge in [0.25, 0.3) is 0 Å². The molecular weight excluding hydrogens is 312 g/mol. The Morgan fingerprint density at radius 2 is 2.05 bits per heavy atom. The molecule has 1 heterocycles. The maximum Gasteiger partial charge on any atom is 0.220 e. The number of nitrogens with two attached hydrogens (primary N) is 1. The summed E-state index contributed by atoms with van der Waals surface area (Å²) in [6.45, 7) is 0.292. The lowest BCUT2D eigenvalue weighted by molar-refractivity contribution is -0.265. The van der Waals surface area contributed by atoms with Gasteiger partial charge in [-0.2, -0.15) is 12.6 Å². The Morgan fingerprint density at radius 3 is 2.68 bits per heavy atom. The van der Waals surface area contributed by atoms with Gasteiger partial charge in [0.2, 0.25) is 5.91 Å². The van der Waals surface area contributed by atoms with Gasteiger partial charge in [-0.3, -0.25) is 4.79 Å². The number of rotatable bonds is 9. The van der Waals surface area contributed by atoms with Crippen LogP contribution >= 0.6 is 12.6 Å². The second-order valence-corrected chi connectivity index (χ2v) is 5.63. The van der Waals surface area contributed by atoms with Gasteiger partial charge in [-0.05, 0) is 18.6 Å². The number of hydrogen-bond donors (Lipinski definition) is 6. The van der Waals surface area contributed by atoms with E-state index in [0.717, 1.165) is 6.42 Å². The average molecular weight is 338 g/mol. The summed E-state index contributed by atoms with van der Waals surface area (Å²) in [5.41, 5.74) is 5.73. The minimum atomic E-state index is -1.24. The van der Waals surface area contributed by atoms with Crippen LogP contribution < -0.4 is 11.1 Å². The van der Waals surface area contributed by atoms with Crippen LogP contribution in [0, 0.1) is 0 Å². The zero-order valence-corrected chi connectivity index (χ0v) is 13.3. The summed E-state index contributed by atoms with van der Waals surface area (Å²) >= 11 is 4.03. The Labute approximate surface area is 135 Å². The molecule has 5 unspecified atom stereocenters. The normalized spacial score (nSPS) is 32.0.